The number of aromatic nitrogens is 2. The van der Waals surface area contributed by atoms with Crippen LogP contribution in [0.15, 0.2) is 0 Å². The molecule has 5 heteroatoms. The average molecular weight is 221 g/mol. The number of rotatable bonds is 2. The molecular formula is C11H15N3O2. The van der Waals surface area contributed by atoms with Gasteiger partial charge in [-0.15, -0.1) is 0 Å². The van der Waals surface area contributed by atoms with Gasteiger partial charge in [-0.05, 0) is 19.3 Å². The first kappa shape index (κ1) is 9.69. The lowest BCUT2D eigenvalue weighted by atomic mass is 9.82. The molecule has 0 radical (unpaired) electrons. The van der Waals surface area contributed by atoms with E-state index in [0.29, 0.717) is 11.6 Å². The molecule has 2 N–H and O–H groups in total. The van der Waals surface area contributed by atoms with E-state index in [1.54, 1.807) is 0 Å². The zero-order valence-corrected chi connectivity index (χ0v) is 9.07. The Bertz CT molecular complexity index is 435. The lowest BCUT2D eigenvalue weighted by Gasteiger charge is -2.24. The molecule has 1 fully saturated rings. The number of nitrogens with one attached hydrogen (secondary N) is 1. The number of anilines is 1. The summed E-state index contributed by atoms with van der Waals surface area (Å²) in [7, 11) is 0. The Morgan fingerprint density at radius 3 is 2.88 bits per heavy atom. The van der Waals surface area contributed by atoms with E-state index >= 15 is 0 Å². The van der Waals surface area contributed by atoms with Crippen molar-refractivity contribution in [2.24, 2.45) is 0 Å². The third-order valence-corrected chi connectivity index (χ3v) is 3.53. The van der Waals surface area contributed by atoms with E-state index in [0.717, 1.165) is 44.0 Å². The summed E-state index contributed by atoms with van der Waals surface area (Å²) in [6.07, 6.45) is 4.32. The highest BCUT2D eigenvalue weighted by atomic mass is 16.4. The summed E-state index contributed by atoms with van der Waals surface area (Å²) in [6.45, 7) is 1.66. The van der Waals surface area contributed by atoms with Crippen molar-refractivity contribution in [1.82, 2.24) is 9.55 Å². The highest BCUT2D eigenvalue weighted by Crippen LogP contribution is 2.38. The highest BCUT2D eigenvalue weighted by Gasteiger charge is 2.31. The van der Waals surface area contributed by atoms with Gasteiger partial charge in [0, 0.05) is 19.0 Å². The van der Waals surface area contributed by atoms with Gasteiger partial charge in [0.1, 0.15) is 0 Å². The third-order valence-electron chi connectivity index (χ3n) is 3.53. The molecular weight excluding hydrogens is 206 g/mol. The normalized spacial score (nSPS) is 19.8. The Labute approximate surface area is 93.5 Å². The quantitative estimate of drug-likeness (QED) is 0.797. The van der Waals surface area contributed by atoms with Gasteiger partial charge < -0.3 is 15.0 Å². The molecule has 3 rings (SSSR count). The summed E-state index contributed by atoms with van der Waals surface area (Å²) in [6, 6.07) is 0. The number of nitrogens with zero attached hydrogens (tertiary/aromatic N) is 2. The number of imidazole rings is 1. The van der Waals surface area contributed by atoms with Crippen LogP contribution in [0.25, 0.3) is 0 Å². The molecule has 0 amide bonds. The maximum absolute atomic E-state index is 11.3. The monoisotopic (exact) mass is 221 g/mol. The Balaban J connectivity index is 2.08. The number of aromatic carboxylic acids is 1. The molecule has 5 nitrogen and oxygen atoms in total. The Morgan fingerprint density at radius 1 is 1.44 bits per heavy atom. The van der Waals surface area contributed by atoms with Crippen LogP contribution in [-0.2, 0) is 6.54 Å². The molecule has 0 aromatic carbocycles. The summed E-state index contributed by atoms with van der Waals surface area (Å²) in [4.78, 5) is 15.8. The van der Waals surface area contributed by atoms with Gasteiger partial charge in [-0.1, -0.05) is 6.42 Å². The van der Waals surface area contributed by atoms with E-state index in [1.807, 2.05) is 4.57 Å². The first-order chi connectivity index (χ1) is 7.77. The summed E-state index contributed by atoms with van der Waals surface area (Å²) in [5.74, 6) is 0.265. The molecule has 86 valence electrons. The molecule has 1 saturated carbocycles. The average Bonchev–Trinajstić information content (AvgIpc) is 2.53. The van der Waals surface area contributed by atoms with Crippen LogP contribution in [0.5, 0.6) is 0 Å². The second kappa shape index (κ2) is 3.50. The van der Waals surface area contributed by atoms with Crippen LogP contribution in [0.4, 0.5) is 5.95 Å². The minimum Gasteiger partial charge on any atom is -0.477 e. The number of fused-ring (bicyclic) bond motifs is 1. The Kier molecular flexibility index (Phi) is 2.12. The number of hydrogen-bond donors (Lipinski definition) is 2. The summed E-state index contributed by atoms with van der Waals surface area (Å²) < 4.78 is 1.82. The first-order valence-electron chi connectivity index (χ1n) is 5.85. The fourth-order valence-corrected chi connectivity index (χ4v) is 2.45. The van der Waals surface area contributed by atoms with Crippen molar-refractivity contribution in [3.05, 3.63) is 11.4 Å². The molecule has 16 heavy (non-hydrogen) atoms. The van der Waals surface area contributed by atoms with E-state index in [4.69, 9.17) is 0 Å². The molecule has 1 aromatic heterocycles. The van der Waals surface area contributed by atoms with Gasteiger partial charge in [0.2, 0.25) is 5.95 Å². The van der Waals surface area contributed by atoms with Crippen molar-refractivity contribution in [2.45, 2.75) is 38.1 Å². The zero-order chi connectivity index (χ0) is 11.1. The van der Waals surface area contributed by atoms with Crippen molar-refractivity contribution >= 4 is 11.9 Å². The van der Waals surface area contributed by atoms with Gasteiger partial charge >= 0.3 is 5.97 Å². The molecule has 1 aliphatic heterocycles. The number of carboxylic acid groups (broad SMARTS) is 1. The van der Waals surface area contributed by atoms with Gasteiger partial charge in [-0.2, -0.15) is 0 Å². The highest BCUT2D eigenvalue weighted by molar-refractivity contribution is 5.88. The minimum absolute atomic E-state index is 0.367. The molecule has 2 aliphatic rings. The topological polar surface area (TPSA) is 67.1 Å². The minimum atomic E-state index is -0.843. The zero-order valence-electron chi connectivity index (χ0n) is 9.07. The van der Waals surface area contributed by atoms with Crippen LogP contribution in [0.3, 0.4) is 0 Å². The van der Waals surface area contributed by atoms with Crippen LogP contribution in [0.1, 0.15) is 47.8 Å². The summed E-state index contributed by atoms with van der Waals surface area (Å²) >= 11 is 0. The molecule has 0 saturated heterocycles. The van der Waals surface area contributed by atoms with Crippen molar-refractivity contribution in [3.63, 3.8) is 0 Å². The van der Waals surface area contributed by atoms with Crippen LogP contribution in [0, 0.1) is 0 Å². The van der Waals surface area contributed by atoms with E-state index in [-0.39, 0.29) is 0 Å². The van der Waals surface area contributed by atoms with Crippen LogP contribution in [0.2, 0.25) is 0 Å². The lowest BCUT2D eigenvalue weighted by molar-refractivity contribution is 0.0682. The third kappa shape index (κ3) is 1.31. The van der Waals surface area contributed by atoms with Crippen molar-refractivity contribution in [1.29, 1.82) is 0 Å². The standard InChI is InChI=1S/C11H15N3O2/c15-10(16)9-8(7-3-1-4-7)13-11-12-5-2-6-14(9)11/h7H,1-6H2,(H,12,13)(H,15,16). The fourth-order valence-electron chi connectivity index (χ4n) is 2.45. The van der Waals surface area contributed by atoms with E-state index in [1.165, 1.54) is 6.42 Å². The molecule has 1 aliphatic carbocycles. The van der Waals surface area contributed by atoms with E-state index in [2.05, 4.69) is 10.3 Å². The molecule has 0 unspecified atom stereocenters. The lowest BCUT2D eigenvalue weighted by Crippen LogP contribution is -2.21. The molecule has 0 bridgehead atoms. The first-order valence-corrected chi connectivity index (χ1v) is 5.85. The van der Waals surface area contributed by atoms with E-state index < -0.39 is 5.97 Å². The number of carboxylic acids is 1. The van der Waals surface area contributed by atoms with Crippen LogP contribution < -0.4 is 5.32 Å². The summed E-state index contributed by atoms with van der Waals surface area (Å²) in [5, 5.41) is 12.5. The molecule has 1 aromatic rings. The van der Waals surface area contributed by atoms with Gasteiger partial charge in [0.15, 0.2) is 5.69 Å². The van der Waals surface area contributed by atoms with E-state index in [9.17, 15) is 9.90 Å². The van der Waals surface area contributed by atoms with Crippen molar-refractivity contribution < 1.29 is 9.90 Å². The van der Waals surface area contributed by atoms with Crippen molar-refractivity contribution in [3.8, 4) is 0 Å². The Hall–Kier alpha value is -1.52. The maximum Gasteiger partial charge on any atom is 0.354 e. The second-order valence-corrected chi connectivity index (χ2v) is 4.53. The van der Waals surface area contributed by atoms with Crippen LogP contribution >= 0.6 is 0 Å². The smallest absolute Gasteiger partial charge is 0.354 e. The fraction of sp³-hybridized carbons (Fsp3) is 0.636. The van der Waals surface area contributed by atoms with Gasteiger partial charge in [0.25, 0.3) is 0 Å². The van der Waals surface area contributed by atoms with Gasteiger partial charge in [-0.3, -0.25) is 0 Å². The molecule has 0 atom stereocenters. The van der Waals surface area contributed by atoms with Gasteiger partial charge in [0.05, 0.1) is 5.69 Å². The SMILES string of the molecule is O=C(O)c1c(C2CCC2)nc2n1CCCN2. The molecule has 0 spiro atoms. The largest absolute Gasteiger partial charge is 0.477 e. The number of carbonyl (C=O) groups is 1. The van der Waals surface area contributed by atoms with Gasteiger partial charge in [-0.25, -0.2) is 9.78 Å². The second-order valence-electron chi connectivity index (χ2n) is 4.53. The predicted molar refractivity (Wildman–Crippen MR) is 58.9 cm³/mol. The van der Waals surface area contributed by atoms with Crippen molar-refractivity contribution in [2.75, 3.05) is 11.9 Å². The summed E-state index contributed by atoms with van der Waals surface area (Å²) in [5.41, 5.74) is 1.20. The Morgan fingerprint density at radius 2 is 2.25 bits per heavy atom. The number of hydrogen-bond acceptors (Lipinski definition) is 3. The van der Waals surface area contributed by atoms with Crippen LogP contribution in [-0.4, -0.2) is 27.2 Å². The predicted octanol–water partition coefficient (Wildman–Crippen LogP) is 1.66. The molecule has 2 heterocycles. The maximum atomic E-state index is 11.3.